The van der Waals surface area contributed by atoms with E-state index in [1.54, 1.807) is 12.1 Å². The molecular formula is C26H24FN3O. The van der Waals surface area contributed by atoms with Crippen LogP contribution < -0.4 is 10.3 Å². The number of aromatic nitrogens is 1. The second kappa shape index (κ2) is 8.36. The summed E-state index contributed by atoms with van der Waals surface area (Å²) >= 11 is 0. The first kappa shape index (κ1) is 19.5. The van der Waals surface area contributed by atoms with Crippen LogP contribution in [0.25, 0.3) is 16.6 Å². The predicted octanol–water partition coefficient (Wildman–Crippen LogP) is 4.43. The van der Waals surface area contributed by atoms with Crippen molar-refractivity contribution in [2.75, 3.05) is 31.1 Å². The normalized spacial score (nSPS) is 14.8. The molecule has 1 fully saturated rings. The molecule has 3 heterocycles. The first-order valence-electron chi connectivity index (χ1n) is 10.6. The molecule has 0 radical (unpaired) electrons. The third-order valence-corrected chi connectivity index (χ3v) is 5.95. The van der Waals surface area contributed by atoms with Gasteiger partial charge in [-0.25, -0.2) is 4.39 Å². The zero-order valence-corrected chi connectivity index (χ0v) is 17.2. The van der Waals surface area contributed by atoms with E-state index in [-0.39, 0.29) is 11.2 Å². The number of rotatable bonds is 4. The minimum atomic E-state index is -0.197. The van der Waals surface area contributed by atoms with Crippen LogP contribution in [0.3, 0.4) is 0 Å². The van der Waals surface area contributed by atoms with Gasteiger partial charge in [0, 0.05) is 50.6 Å². The van der Waals surface area contributed by atoms with E-state index >= 15 is 0 Å². The van der Waals surface area contributed by atoms with Crippen LogP contribution in [0.15, 0.2) is 89.9 Å². The minimum Gasteiger partial charge on any atom is -0.355 e. The van der Waals surface area contributed by atoms with Gasteiger partial charge in [0.15, 0.2) is 5.43 Å². The van der Waals surface area contributed by atoms with Crippen molar-refractivity contribution in [3.8, 4) is 11.1 Å². The lowest BCUT2D eigenvalue weighted by molar-refractivity contribution is 0.249. The van der Waals surface area contributed by atoms with Crippen molar-refractivity contribution in [1.82, 2.24) is 9.30 Å². The largest absolute Gasteiger partial charge is 0.355 e. The summed E-state index contributed by atoms with van der Waals surface area (Å²) in [5, 5.41) is 0. The van der Waals surface area contributed by atoms with E-state index in [0.717, 1.165) is 60.7 Å². The molecule has 31 heavy (non-hydrogen) atoms. The van der Waals surface area contributed by atoms with Gasteiger partial charge in [-0.3, -0.25) is 9.69 Å². The van der Waals surface area contributed by atoms with Gasteiger partial charge in [0.1, 0.15) is 11.6 Å². The first-order valence-corrected chi connectivity index (χ1v) is 10.6. The highest BCUT2D eigenvalue weighted by molar-refractivity contribution is 5.85. The maximum atomic E-state index is 13.2. The van der Waals surface area contributed by atoms with Crippen LogP contribution in [0.4, 0.5) is 10.2 Å². The van der Waals surface area contributed by atoms with Gasteiger partial charge in [-0.1, -0.05) is 42.5 Å². The Morgan fingerprint density at radius 2 is 1.55 bits per heavy atom. The van der Waals surface area contributed by atoms with Crippen molar-refractivity contribution in [1.29, 1.82) is 0 Å². The number of hydrogen-bond acceptors (Lipinski definition) is 3. The Balaban J connectivity index is 1.42. The van der Waals surface area contributed by atoms with Gasteiger partial charge in [-0.15, -0.1) is 0 Å². The number of nitrogens with zero attached hydrogens (tertiary/aromatic N) is 3. The Hall–Kier alpha value is -3.44. The van der Waals surface area contributed by atoms with Gasteiger partial charge in [-0.2, -0.15) is 0 Å². The number of anilines is 1. The van der Waals surface area contributed by atoms with E-state index in [2.05, 4.69) is 32.4 Å². The average molecular weight is 413 g/mol. The highest BCUT2D eigenvalue weighted by atomic mass is 19.1. The third-order valence-electron chi connectivity index (χ3n) is 5.95. The van der Waals surface area contributed by atoms with E-state index in [1.807, 2.05) is 42.6 Å². The number of benzene rings is 2. The van der Waals surface area contributed by atoms with Crippen molar-refractivity contribution < 1.29 is 4.39 Å². The molecule has 0 amide bonds. The van der Waals surface area contributed by atoms with Crippen LogP contribution in [0.5, 0.6) is 0 Å². The Morgan fingerprint density at radius 1 is 0.806 bits per heavy atom. The minimum absolute atomic E-state index is 0.00206. The molecule has 5 heteroatoms. The van der Waals surface area contributed by atoms with Gasteiger partial charge in [-0.05, 0) is 41.5 Å². The molecular weight excluding hydrogens is 389 g/mol. The molecule has 4 aromatic rings. The zero-order chi connectivity index (χ0) is 21.2. The van der Waals surface area contributed by atoms with E-state index in [0.29, 0.717) is 0 Å². The standard InChI is InChI=1S/C26H24FN3O/c27-22-8-6-20(7-9-22)19-28-14-16-29(17-15-28)26-18-24(21-4-2-1-3-5-21)25-11-10-23(31)12-13-30(25)26/h1-13,18H,14-17,19H2. The zero-order valence-electron chi connectivity index (χ0n) is 17.2. The Bertz CT molecular complexity index is 1240. The molecule has 1 aliphatic heterocycles. The van der Waals surface area contributed by atoms with Gasteiger partial charge < -0.3 is 9.30 Å². The summed E-state index contributed by atoms with van der Waals surface area (Å²) in [4.78, 5) is 16.8. The smallest absolute Gasteiger partial charge is 0.180 e. The molecule has 0 bridgehead atoms. The highest BCUT2D eigenvalue weighted by Gasteiger charge is 2.21. The molecule has 1 aliphatic rings. The summed E-state index contributed by atoms with van der Waals surface area (Å²) in [6.45, 7) is 4.47. The summed E-state index contributed by atoms with van der Waals surface area (Å²) in [6, 6.07) is 24.4. The van der Waals surface area contributed by atoms with E-state index in [9.17, 15) is 9.18 Å². The van der Waals surface area contributed by atoms with E-state index < -0.39 is 0 Å². The van der Waals surface area contributed by atoms with E-state index in [1.165, 1.54) is 12.1 Å². The Morgan fingerprint density at radius 3 is 2.29 bits per heavy atom. The van der Waals surface area contributed by atoms with Crippen LogP contribution in [0.1, 0.15) is 5.56 Å². The van der Waals surface area contributed by atoms with Gasteiger partial charge in [0.25, 0.3) is 0 Å². The van der Waals surface area contributed by atoms with Crippen molar-refractivity contribution in [3.63, 3.8) is 0 Å². The summed E-state index contributed by atoms with van der Waals surface area (Å²) in [6.07, 6.45) is 1.88. The van der Waals surface area contributed by atoms with Crippen LogP contribution in [-0.4, -0.2) is 35.5 Å². The lowest BCUT2D eigenvalue weighted by Crippen LogP contribution is -2.46. The highest BCUT2D eigenvalue weighted by Crippen LogP contribution is 2.32. The molecule has 5 rings (SSSR count). The summed E-state index contributed by atoms with van der Waals surface area (Å²) in [5.74, 6) is 0.906. The lowest BCUT2D eigenvalue weighted by Gasteiger charge is -2.35. The van der Waals surface area contributed by atoms with Crippen molar-refractivity contribution in [3.05, 3.63) is 107 Å². The molecule has 2 aromatic heterocycles. The molecule has 4 nitrogen and oxygen atoms in total. The van der Waals surface area contributed by atoms with Crippen LogP contribution in [0.2, 0.25) is 0 Å². The topological polar surface area (TPSA) is 28.0 Å². The molecule has 2 aromatic carbocycles. The molecule has 0 spiro atoms. The fourth-order valence-corrected chi connectivity index (χ4v) is 4.29. The molecule has 0 N–H and O–H groups in total. The Labute approximate surface area is 180 Å². The van der Waals surface area contributed by atoms with Crippen molar-refractivity contribution in [2.24, 2.45) is 0 Å². The number of piperazine rings is 1. The molecule has 0 aliphatic carbocycles. The number of halogens is 1. The monoisotopic (exact) mass is 413 g/mol. The van der Waals surface area contributed by atoms with E-state index in [4.69, 9.17) is 0 Å². The summed E-state index contributed by atoms with van der Waals surface area (Å²) < 4.78 is 15.3. The van der Waals surface area contributed by atoms with Crippen LogP contribution >= 0.6 is 0 Å². The molecule has 0 atom stereocenters. The second-order valence-corrected chi connectivity index (χ2v) is 7.98. The molecule has 1 saturated heterocycles. The lowest BCUT2D eigenvalue weighted by atomic mass is 10.1. The van der Waals surface area contributed by atoms with Gasteiger partial charge in [0.05, 0.1) is 5.52 Å². The summed E-state index contributed by atoms with van der Waals surface area (Å²) in [7, 11) is 0. The number of hydrogen-bond donors (Lipinski definition) is 0. The first-order chi connectivity index (χ1) is 15.2. The summed E-state index contributed by atoms with van der Waals surface area (Å²) in [5.41, 5.74) is 4.42. The van der Waals surface area contributed by atoms with Crippen molar-refractivity contribution in [2.45, 2.75) is 6.54 Å². The molecule has 0 saturated carbocycles. The fraction of sp³-hybridized carbons (Fsp3) is 0.192. The second-order valence-electron chi connectivity index (χ2n) is 7.98. The number of fused-ring (bicyclic) bond motifs is 1. The van der Waals surface area contributed by atoms with Crippen LogP contribution in [0, 0.1) is 5.82 Å². The van der Waals surface area contributed by atoms with Gasteiger partial charge in [0.2, 0.25) is 0 Å². The Kier molecular flexibility index (Phi) is 5.26. The predicted molar refractivity (Wildman–Crippen MR) is 123 cm³/mol. The van der Waals surface area contributed by atoms with Crippen molar-refractivity contribution >= 4 is 11.3 Å². The average Bonchev–Trinajstić information content (AvgIpc) is 3.06. The third kappa shape index (κ3) is 4.09. The molecule has 156 valence electrons. The van der Waals surface area contributed by atoms with Crippen LogP contribution in [-0.2, 0) is 6.54 Å². The maximum absolute atomic E-state index is 13.2. The molecule has 0 unspecified atom stereocenters. The SMILES string of the molecule is O=c1ccc2c(-c3ccccc3)cc(N3CCN(Cc4ccc(F)cc4)CC3)n2cc1. The fourth-order valence-electron chi connectivity index (χ4n) is 4.29. The quantitative estimate of drug-likeness (QED) is 0.496. The maximum Gasteiger partial charge on any atom is 0.180 e. The van der Waals surface area contributed by atoms with Gasteiger partial charge >= 0.3 is 0 Å².